The lowest BCUT2D eigenvalue weighted by molar-refractivity contribution is 0.777. The van der Waals surface area contributed by atoms with Gasteiger partial charge >= 0.3 is 0 Å². The fraction of sp³-hybridized carbons (Fsp3) is 0.400. The van der Waals surface area contributed by atoms with Crippen molar-refractivity contribution in [3.8, 4) is 0 Å². The van der Waals surface area contributed by atoms with Gasteiger partial charge in [0.1, 0.15) is 11.6 Å². The zero-order valence-corrected chi connectivity index (χ0v) is 8.77. The maximum absolute atomic E-state index is 5.63. The number of rotatable bonds is 1. The standard InChI is InChI=1S/C10H15N5/c1-7-3-2-4-15(6-7)9-5-8(11)13-10(12)14-9/h3,5H,2,4,6H2,1H3,(H4,11,12,13,14). The molecule has 0 spiro atoms. The third kappa shape index (κ3) is 2.18. The molecule has 2 heterocycles. The Kier molecular flexibility index (Phi) is 2.45. The third-order valence-corrected chi connectivity index (χ3v) is 2.41. The molecule has 2 rings (SSSR count). The van der Waals surface area contributed by atoms with Crippen LogP contribution in [-0.4, -0.2) is 23.1 Å². The average Bonchev–Trinajstić information content (AvgIpc) is 2.16. The molecule has 1 aliphatic heterocycles. The van der Waals surface area contributed by atoms with Gasteiger partial charge in [-0.1, -0.05) is 11.6 Å². The second kappa shape index (κ2) is 3.76. The van der Waals surface area contributed by atoms with Gasteiger partial charge in [-0.25, -0.2) is 0 Å². The van der Waals surface area contributed by atoms with E-state index in [0.717, 1.165) is 25.3 Å². The minimum atomic E-state index is 0.234. The van der Waals surface area contributed by atoms with Crippen LogP contribution in [0.1, 0.15) is 13.3 Å². The van der Waals surface area contributed by atoms with Crippen molar-refractivity contribution in [2.45, 2.75) is 13.3 Å². The Balaban J connectivity index is 2.26. The minimum Gasteiger partial charge on any atom is -0.383 e. The van der Waals surface area contributed by atoms with E-state index in [1.807, 2.05) is 0 Å². The topological polar surface area (TPSA) is 81.1 Å². The van der Waals surface area contributed by atoms with E-state index in [-0.39, 0.29) is 5.95 Å². The quantitative estimate of drug-likeness (QED) is 0.663. The predicted octanol–water partition coefficient (Wildman–Crippen LogP) is 0.797. The highest BCUT2D eigenvalue weighted by Gasteiger charge is 2.13. The van der Waals surface area contributed by atoms with Gasteiger partial charge in [0.05, 0.1) is 0 Å². The largest absolute Gasteiger partial charge is 0.383 e. The van der Waals surface area contributed by atoms with Crippen molar-refractivity contribution >= 4 is 17.6 Å². The van der Waals surface area contributed by atoms with Gasteiger partial charge in [-0.05, 0) is 13.3 Å². The summed E-state index contributed by atoms with van der Waals surface area (Å²) in [4.78, 5) is 10.2. The molecule has 15 heavy (non-hydrogen) atoms. The SMILES string of the molecule is CC1=CCCN(c2cc(N)nc(N)n2)C1. The molecule has 5 nitrogen and oxygen atoms in total. The van der Waals surface area contributed by atoms with Gasteiger partial charge in [-0.2, -0.15) is 9.97 Å². The van der Waals surface area contributed by atoms with Crippen molar-refractivity contribution in [2.24, 2.45) is 0 Å². The highest BCUT2D eigenvalue weighted by atomic mass is 15.2. The minimum absolute atomic E-state index is 0.234. The molecule has 0 aromatic carbocycles. The van der Waals surface area contributed by atoms with E-state index in [9.17, 15) is 0 Å². The summed E-state index contributed by atoms with van der Waals surface area (Å²) in [6, 6.07) is 1.76. The van der Waals surface area contributed by atoms with Crippen molar-refractivity contribution in [3.63, 3.8) is 0 Å². The second-order valence-corrected chi connectivity index (χ2v) is 3.77. The van der Waals surface area contributed by atoms with Gasteiger partial charge in [-0.3, -0.25) is 0 Å². The molecule has 1 aromatic heterocycles. The van der Waals surface area contributed by atoms with Crippen LogP contribution >= 0.6 is 0 Å². The molecule has 0 radical (unpaired) electrons. The first-order valence-corrected chi connectivity index (χ1v) is 4.96. The lowest BCUT2D eigenvalue weighted by Crippen LogP contribution is -2.30. The number of nitrogens with zero attached hydrogens (tertiary/aromatic N) is 3. The molecule has 0 amide bonds. The second-order valence-electron chi connectivity index (χ2n) is 3.77. The Hall–Kier alpha value is -1.78. The number of nitrogen functional groups attached to an aromatic ring is 2. The van der Waals surface area contributed by atoms with Crippen LogP contribution in [0.4, 0.5) is 17.6 Å². The molecule has 80 valence electrons. The Morgan fingerprint density at radius 1 is 1.33 bits per heavy atom. The highest BCUT2D eigenvalue weighted by molar-refractivity contribution is 5.51. The molecular formula is C10H15N5. The van der Waals surface area contributed by atoms with Crippen LogP contribution in [0.5, 0.6) is 0 Å². The zero-order valence-electron chi connectivity index (χ0n) is 8.77. The van der Waals surface area contributed by atoms with E-state index >= 15 is 0 Å². The monoisotopic (exact) mass is 205 g/mol. The van der Waals surface area contributed by atoms with Crippen LogP contribution in [0.25, 0.3) is 0 Å². The molecule has 0 atom stereocenters. The Morgan fingerprint density at radius 3 is 2.80 bits per heavy atom. The van der Waals surface area contributed by atoms with Crippen LogP contribution in [0.2, 0.25) is 0 Å². The zero-order chi connectivity index (χ0) is 10.8. The maximum atomic E-state index is 5.63. The normalized spacial score (nSPS) is 16.3. The summed E-state index contributed by atoms with van der Waals surface area (Å²) in [5.41, 5.74) is 12.5. The molecule has 0 saturated heterocycles. The molecule has 1 aliphatic rings. The van der Waals surface area contributed by atoms with Gasteiger partial charge in [0, 0.05) is 19.2 Å². The molecule has 0 fully saturated rings. The van der Waals surface area contributed by atoms with Crippen molar-refractivity contribution in [1.82, 2.24) is 9.97 Å². The Bertz CT molecular complexity index is 379. The highest BCUT2D eigenvalue weighted by Crippen LogP contribution is 2.19. The molecular weight excluding hydrogens is 190 g/mol. The summed E-state index contributed by atoms with van der Waals surface area (Å²) >= 11 is 0. The summed E-state index contributed by atoms with van der Waals surface area (Å²) in [5.74, 6) is 1.47. The Labute approximate surface area is 88.8 Å². The molecule has 0 bridgehead atoms. The van der Waals surface area contributed by atoms with Crippen molar-refractivity contribution < 1.29 is 0 Å². The van der Waals surface area contributed by atoms with Gasteiger partial charge in [0.2, 0.25) is 5.95 Å². The van der Waals surface area contributed by atoms with E-state index in [1.54, 1.807) is 6.07 Å². The average molecular weight is 205 g/mol. The summed E-state index contributed by atoms with van der Waals surface area (Å²) in [7, 11) is 0. The number of nitrogens with two attached hydrogens (primary N) is 2. The van der Waals surface area contributed by atoms with Crippen LogP contribution < -0.4 is 16.4 Å². The molecule has 0 unspecified atom stereocenters. The number of anilines is 3. The first-order valence-electron chi connectivity index (χ1n) is 4.96. The summed E-state index contributed by atoms with van der Waals surface area (Å²) in [6.45, 7) is 3.95. The van der Waals surface area contributed by atoms with E-state index in [1.165, 1.54) is 5.57 Å². The summed E-state index contributed by atoms with van der Waals surface area (Å²) in [6.07, 6.45) is 3.28. The lowest BCUT2D eigenvalue weighted by atomic mass is 10.1. The molecule has 5 heteroatoms. The maximum Gasteiger partial charge on any atom is 0.223 e. The van der Waals surface area contributed by atoms with Gasteiger partial charge < -0.3 is 16.4 Å². The summed E-state index contributed by atoms with van der Waals surface area (Å²) < 4.78 is 0. The van der Waals surface area contributed by atoms with Gasteiger partial charge in [0.15, 0.2) is 0 Å². The summed E-state index contributed by atoms with van der Waals surface area (Å²) in [5, 5.41) is 0. The molecule has 1 aromatic rings. The first kappa shape index (κ1) is 9.76. The first-order chi connectivity index (χ1) is 7.15. The van der Waals surface area contributed by atoms with Crippen LogP contribution in [0.15, 0.2) is 17.7 Å². The van der Waals surface area contributed by atoms with Gasteiger partial charge in [0.25, 0.3) is 0 Å². The van der Waals surface area contributed by atoms with Crippen molar-refractivity contribution in [1.29, 1.82) is 0 Å². The van der Waals surface area contributed by atoms with E-state index in [2.05, 4.69) is 27.9 Å². The van der Waals surface area contributed by atoms with Gasteiger partial charge in [-0.15, -0.1) is 0 Å². The lowest BCUT2D eigenvalue weighted by Gasteiger charge is -2.27. The van der Waals surface area contributed by atoms with Crippen LogP contribution in [0, 0.1) is 0 Å². The van der Waals surface area contributed by atoms with E-state index in [4.69, 9.17) is 11.5 Å². The number of hydrogen-bond donors (Lipinski definition) is 2. The van der Waals surface area contributed by atoms with E-state index in [0.29, 0.717) is 5.82 Å². The molecule has 0 saturated carbocycles. The Morgan fingerprint density at radius 2 is 2.13 bits per heavy atom. The van der Waals surface area contributed by atoms with Crippen molar-refractivity contribution in [3.05, 3.63) is 17.7 Å². The number of hydrogen-bond acceptors (Lipinski definition) is 5. The predicted molar refractivity (Wildman–Crippen MR) is 61.4 cm³/mol. The fourth-order valence-corrected chi connectivity index (χ4v) is 1.74. The van der Waals surface area contributed by atoms with Crippen LogP contribution in [-0.2, 0) is 0 Å². The smallest absolute Gasteiger partial charge is 0.223 e. The van der Waals surface area contributed by atoms with Crippen LogP contribution in [0.3, 0.4) is 0 Å². The van der Waals surface area contributed by atoms with E-state index < -0.39 is 0 Å². The fourth-order valence-electron chi connectivity index (χ4n) is 1.74. The van der Waals surface area contributed by atoms with Crippen molar-refractivity contribution in [2.75, 3.05) is 29.5 Å². The molecule has 0 aliphatic carbocycles. The third-order valence-electron chi connectivity index (χ3n) is 2.41. The number of aromatic nitrogens is 2. The molecule has 4 N–H and O–H groups in total.